The van der Waals surface area contributed by atoms with Crippen LogP contribution in [-0.4, -0.2) is 25.7 Å². The fraction of sp³-hybridized carbons (Fsp3) is 0.727. The molecule has 0 aromatic heterocycles. The second-order valence-corrected chi connectivity index (χ2v) is 3.77. The van der Waals surface area contributed by atoms with Gasteiger partial charge in [0.05, 0.1) is 0 Å². The maximum absolute atomic E-state index is 11.4. The summed E-state index contributed by atoms with van der Waals surface area (Å²) in [6.07, 6.45) is 7.46. The zero-order chi connectivity index (χ0) is 10.4. The maximum Gasteiger partial charge on any atom is 0.248 e. The summed E-state index contributed by atoms with van der Waals surface area (Å²) in [5.74, 6) is 0.593. The van der Waals surface area contributed by atoms with E-state index in [1.807, 2.05) is 0 Å². The van der Waals surface area contributed by atoms with Crippen LogP contribution in [0, 0.1) is 5.92 Å². The maximum atomic E-state index is 11.4. The summed E-state index contributed by atoms with van der Waals surface area (Å²) in [5, 5.41) is 2.91. The first kappa shape index (κ1) is 11.2. The summed E-state index contributed by atoms with van der Waals surface area (Å²) in [5.41, 5.74) is 0. The van der Waals surface area contributed by atoms with Gasteiger partial charge in [0.15, 0.2) is 0 Å². The van der Waals surface area contributed by atoms with Crippen molar-refractivity contribution in [3.8, 4) is 0 Å². The molecule has 0 aromatic rings. The van der Waals surface area contributed by atoms with Crippen LogP contribution >= 0.6 is 0 Å². The zero-order valence-electron chi connectivity index (χ0n) is 8.95. The number of hydrogen-bond acceptors (Lipinski definition) is 2. The summed E-state index contributed by atoms with van der Waals surface area (Å²) >= 11 is 0. The minimum atomic E-state index is -0.339. The van der Waals surface area contributed by atoms with Crippen LogP contribution < -0.4 is 5.32 Å². The van der Waals surface area contributed by atoms with E-state index in [-0.39, 0.29) is 12.0 Å². The number of amides is 1. The van der Waals surface area contributed by atoms with E-state index in [4.69, 9.17) is 4.74 Å². The predicted molar refractivity (Wildman–Crippen MR) is 56.0 cm³/mol. The molecule has 14 heavy (non-hydrogen) atoms. The van der Waals surface area contributed by atoms with Gasteiger partial charge in [-0.25, -0.2) is 0 Å². The summed E-state index contributed by atoms with van der Waals surface area (Å²) in [4.78, 5) is 11.4. The van der Waals surface area contributed by atoms with E-state index in [1.54, 1.807) is 14.0 Å². The number of rotatable bonds is 4. The SMILES string of the molecule is COC(C)C(=O)NCC1CC=CCC1. The van der Waals surface area contributed by atoms with Crippen LogP contribution in [0.1, 0.15) is 26.2 Å². The number of nitrogens with one attached hydrogen (secondary N) is 1. The molecule has 1 aliphatic carbocycles. The van der Waals surface area contributed by atoms with Gasteiger partial charge < -0.3 is 10.1 Å². The Morgan fingerprint density at radius 1 is 1.64 bits per heavy atom. The van der Waals surface area contributed by atoms with Crippen molar-refractivity contribution in [2.45, 2.75) is 32.3 Å². The lowest BCUT2D eigenvalue weighted by Crippen LogP contribution is -2.37. The van der Waals surface area contributed by atoms with Crippen molar-refractivity contribution in [2.24, 2.45) is 5.92 Å². The van der Waals surface area contributed by atoms with Crippen molar-refractivity contribution in [1.29, 1.82) is 0 Å². The van der Waals surface area contributed by atoms with Crippen LogP contribution in [0.15, 0.2) is 12.2 Å². The fourth-order valence-corrected chi connectivity index (χ4v) is 1.54. The Bertz CT molecular complexity index is 213. The Labute approximate surface area is 85.5 Å². The Morgan fingerprint density at radius 2 is 2.43 bits per heavy atom. The van der Waals surface area contributed by atoms with Gasteiger partial charge >= 0.3 is 0 Å². The molecule has 0 aromatic carbocycles. The van der Waals surface area contributed by atoms with Gasteiger partial charge in [-0.3, -0.25) is 4.79 Å². The first-order chi connectivity index (χ1) is 6.74. The minimum absolute atomic E-state index is 0.0120. The number of allylic oxidation sites excluding steroid dienone is 2. The number of hydrogen-bond donors (Lipinski definition) is 1. The average molecular weight is 197 g/mol. The summed E-state index contributed by atoms with van der Waals surface area (Å²) in [6.45, 7) is 2.53. The molecule has 0 spiro atoms. The molecule has 0 fully saturated rings. The molecule has 2 atom stereocenters. The van der Waals surface area contributed by atoms with E-state index in [1.165, 1.54) is 6.42 Å². The van der Waals surface area contributed by atoms with Crippen LogP contribution in [0.5, 0.6) is 0 Å². The highest BCUT2D eigenvalue weighted by Gasteiger charge is 2.14. The predicted octanol–water partition coefficient (Wildman–Crippen LogP) is 1.49. The molecule has 80 valence electrons. The van der Waals surface area contributed by atoms with Gasteiger partial charge in [-0.05, 0) is 32.1 Å². The minimum Gasteiger partial charge on any atom is -0.372 e. The van der Waals surface area contributed by atoms with E-state index in [0.717, 1.165) is 19.4 Å². The molecule has 0 bridgehead atoms. The van der Waals surface area contributed by atoms with Crippen molar-refractivity contribution < 1.29 is 9.53 Å². The number of carbonyl (C=O) groups is 1. The van der Waals surface area contributed by atoms with Crippen molar-refractivity contribution in [1.82, 2.24) is 5.32 Å². The van der Waals surface area contributed by atoms with E-state index in [9.17, 15) is 4.79 Å². The highest BCUT2D eigenvalue weighted by molar-refractivity contribution is 5.80. The lowest BCUT2D eigenvalue weighted by Gasteiger charge is -2.19. The van der Waals surface area contributed by atoms with Crippen molar-refractivity contribution >= 4 is 5.91 Å². The quantitative estimate of drug-likeness (QED) is 0.693. The molecule has 2 unspecified atom stereocenters. The smallest absolute Gasteiger partial charge is 0.248 e. The molecule has 1 aliphatic rings. The van der Waals surface area contributed by atoms with Gasteiger partial charge in [0.2, 0.25) is 5.91 Å². The van der Waals surface area contributed by atoms with Crippen LogP contribution in [0.3, 0.4) is 0 Å². The van der Waals surface area contributed by atoms with E-state index < -0.39 is 0 Å². The standard InChI is InChI=1S/C11H19NO2/c1-9(14-2)11(13)12-8-10-6-4-3-5-7-10/h3-4,9-10H,5-8H2,1-2H3,(H,12,13). The van der Waals surface area contributed by atoms with Crippen molar-refractivity contribution in [2.75, 3.05) is 13.7 Å². The first-order valence-corrected chi connectivity index (χ1v) is 5.19. The largest absolute Gasteiger partial charge is 0.372 e. The normalized spacial score (nSPS) is 23.1. The molecule has 0 heterocycles. The Balaban J connectivity index is 2.19. The number of ether oxygens (including phenoxy) is 1. The molecular weight excluding hydrogens is 178 g/mol. The molecule has 1 rings (SSSR count). The molecule has 0 saturated heterocycles. The lowest BCUT2D eigenvalue weighted by molar-refractivity contribution is -0.130. The lowest BCUT2D eigenvalue weighted by atomic mass is 9.94. The third-order valence-corrected chi connectivity index (χ3v) is 2.67. The van der Waals surface area contributed by atoms with E-state index in [2.05, 4.69) is 17.5 Å². The van der Waals surface area contributed by atoms with Crippen molar-refractivity contribution in [3.05, 3.63) is 12.2 Å². The highest BCUT2D eigenvalue weighted by Crippen LogP contribution is 2.16. The number of carbonyl (C=O) groups excluding carboxylic acids is 1. The molecule has 0 radical (unpaired) electrons. The molecule has 0 aliphatic heterocycles. The molecule has 0 saturated carbocycles. The zero-order valence-corrected chi connectivity index (χ0v) is 8.95. The van der Waals surface area contributed by atoms with Crippen LogP contribution in [0.25, 0.3) is 0 Å². The summed E-state index contributed by atoms with van der Waals surface area (Å²) < 4.78 is 4.93. The van der Waals surface area contributed by atoms with Gasteiger partial charge in [-0.15, -0.1) is 0 Å². The topological polar surface area (TPSA) is 38.3 Å². The highest BCUT2D eigenvalue weighted by atomic mass is 16.5. The van der Waals surface area contributed by atoms with Gasteiger partial charge in [0.25, 0.3) is 0 Å². The third-order valence-electron chi connectivity index (χ3n) is 2.67. The second kappa shape index (κ2) is 5.81. The Hall–Kier alpha value is -0.830. The van der Waals surface area contributed by atoms with Crippen LogP contribution in [0.4, 0.5) is 0 Å². The summed E-state index contributed by atoms with van der Waals surface area (Å²) in [6, 6.07) is 0. The van der Waals surface area contributed by atoms with Crippen LogP contribution in [-0.2, 0) is 9.53 Å². The Kier molecular flexibility index (Phi) is 4.66. The van der Waals surface area contributed by atoms with Gasteiger partial charge in [0.1, 0.15) is 6.10 Å². The van der Waals surface area contributed by atoms with Gasteiger partial charge in [-0.1, -0.05) is 12.2 Å². The van der Waals surface area contributed by atoms with Gasteiger partial charge in [-0.2, -0.15) is 0 Å². The first-order valence-electron chi connectivity index (χ1n) is 5.19. The fourth-order valence-electron chi connectivity index (χ4n) is 1.54. The third kappa shape index (κ3) is 3.50. The van der Waals surface area contributed by atoms with Crippen LogP contribution in [0.2, 0.25) is 0 Å². The monoisotopic (exact) mass is 197 g/mol. The second-order valence-electron chi connectivity index (χ2n) is 3.77. The molecule has 3 nitrogen and oxygen atoms in total. The molecular formula is C11H19NO2. The van der Waals surface area contributed by atoms with E-state index >= 15 is 0 Å². The molecule has 3 heteroatoms. The molecule has 1 N–H and O–H groups in total. The average Bonchev–Trinajstić information content (AvgIpc) is 2.26. The van der Waals surface area contributed by atoms with Gasteiger partial charge in [0, 0.05) is 13.7 Å². The number of methoxy groups -OCH3 is 1. The van der Waals surface area contributed by atoms with Crippen molar-refractivity contribution in [3.63, 3.8) is 0 Å². The van der Waals surface area contributed by atoms with E-state index in [0.29, 0.717) is 5.92 Å². The molecule has 1 amide bonds. The Morgan fingerprint density at radius 3 is 3.00 bits per heavy atom. The summed E-state index contributed by atoms with van der Waals surface area (Å²) in [7, 11) is 1.55.